The van der Waals surface area contributed by atoms with Crippen molar-refractivity contribution in [2.24, 2.45) is 5.92 Å². The molecule has 0 aliphatic carbocycles. The van der Waals surface area contributed by atoms with Gasteiger partial charge in [-0.05, 0) is 25.0 Å². The van der Waals surface area contributed by atoms with Crippen LogP contribution in [0.1, 0.15) is 28.8 Å². The summed E-state index contributed by atoms with van der Waals surface area (Å²) in [6.07, 6.45) is 4.62. The molecule has 1 aliphatic rings. The van der Waals surface area contributed by atoms with E-state index in [1.54, 1.807) is 24.6 Å². The van der Waals surface area contributed by atoms with Crippen molar-refractivity contribution in [1.82, 2.24) is 19.3 Å². The Bertz CT molecular complexity index is 1430. The second-order valence-corrected chi connectivity index (χ2v) is 10.9. The fraction of sp³-hybridized carbons (Fsp3) is 0.381. The van der Waals surface area contributed by atoms with E-state index in [0.717, 1.165) is 6.26 Å². The molecule has 3 aromatic heterocycles. The predicted molar refractivity (Wildman–Crippen MR) is 127 cm³/mol. The number of hydrogen-bond donors (Lipinski definition) is 2. The lowest BCUT2D eigenvalue weighted by Gasteiger charge is -2.39. The molecule has 0 bridgehead atoms. The van der Waals surface area contributed by atoms with E-state index in [1.165, 1.54) is 22.1 Å². The average Bonchev–Trinajstić information content (AvgIpc) is 3.23. The minimum Gasteiger partial charge on any atom is -0.477 e. The van der Waals surface area contributed by atoms with E-state index >= 15 is 0 Å². The van der Waals surface area contributed by atoms with Crippen LogP contribution in [0, 0.1) is 12.8 Å². The molecular weight excluding hydrogens is 482 g/mol. The van der Waals surface area contributed by atoms with Crippen LogP contribution in [0.4, 0.5) is 5.82 Å². The van der Waals surface area contributed by atoms with Gasteiger partial charge in [0.1, 0.15) is 17.2 Å². The molecule has 1 aliphatic heterocycles. The lowest BCUT2D eigenvalue weighted by molar-refractivity contribution is -0.123. The van der Waals surface area contributed by atoms with Gasteiger partial charge in [-0.3, -0.25) is 14.2 Å². The Kier molecular flexibility index (Phi) is 6.51. The number of anilines is 1. The smallest absolute Gasteiger partial charge is 0.341 e. The van der Waals surface area contributed by atoms with Gasteiger partial charge in [-0.15, -0.1) is 11.3 Å². The van der Waals surface area contributed by atoms with Crippen molar-refractivity contribution < 1.29 is 23.1 Å². The summed E-state index contributed by atoms with van der Waals surface area (Å²) in [6, 6.07) is 1.72. The third-order valence-electron chi connectivity index (χ3n) is 5.62. The van der Waals surface area contributed by atoms with Crippen LogP contribution < -0.4 is 15.1 Å². The SMILES string of the molecule is Cc1cc(N2CC(C(=O)CCCNS(C)(=O)=O)C2)nc2c1c(=O)c(C(=O)O)cn2-c1nccs1. The van der Waals surface area contributed by atoms with Crippen molar-refractivity contribution in [2.75, 3.05) is 30.8 Å². The highest BCUT2D eigenvalue weighted by atomic mass is 32.2. The fourth-order valence-electron chi connectivity index (χ4n) is 3.87. The molecule has 0 spiro atoms. The van der Waals surface area contributed by atoms with Gasteiger partial charge in [-0.25, -0.2) is 27.9 Å². The third-order valence-corrected chi connectivity index (χ3v) is 7.12. The molecule has 34 heavy (non-hydrogen) atoms. The van der Waals surface area contributed by atoms with Crippen molar-refractivity contribution in [3.05, 3.63) is 45.2 Å². The Labute approximate surface area is 199 Å². The first kappa shape index (κ1) is 24.0. The number of sulfonamides is 1. The van der Waals surface area contributed by atoms with E-state index in [2.05, 4.69) is 14.7 Å². The number of nitrogens with zero attached hydrogens (tertiary/aromatic N) is 4. The number of fused-ring (bicyclic) bond motifs is 1. The van der Waals surface area contributed by atoms with Crippen LogP contribution in [-0.4, -0.2) is 65.7 Å². The number of thiazole rings is 1. The van der Waals surface area contributed by atoms with E-state index in [1.807, 2.05) is 4.90 Å². The Hall–Kier alpha value is -3.16. The van der Waals surface area contributed by atoms with Gasteiger partial charge < -0.3 is 10.0 Å². The molecular formula is C21H23N5O6S2. The number of carbonyl (C=O) groups is 2. The molecule has 0 amide bonds. The summed E-state index contributed by atoms with van der Waals surface area (Å²) in [5.74, 6) is -0.849. The normalized spacial score (nSPS) is 14.4. The first-order valence-electron chi connectivity index (χ1n) is 10.5. The fourth-order valence-corrected chi connectivity index (χ4v) is 5.00. The second kappa shape index (κ2) is 9.24. The van der Waals surface area contributed by atoms with E-state index in [9.17, 15) is 27.9 Å². The molecule has 4 rings (SSSR count). The number of carboxylic acids is 1. The number of carbonyl (C=O) groups excluding carboxylic acids is 1. The number of carboxylic acid groups (broad SMARTS) is 1. The quantitative estimate of drug-likeness (QED) is 0.408. The summed E-state index contributed by atoms with van der Waals surface area (Å²) in [4.78, 5) is 47.7. The van der Waals surface area contributed by atoms with Crippen molar-refractivity contribution in [3.8, 4) is 5.13 Å². The van der Waals surface area contributed by atoms with E-state index in [4.69, 9.17) is 0 Å². The van der Waals surface area contributed by atoms with Gasteiger partial charge in [-0.2, -0.15) is 0 Å². The van der Waals surface area contributed by atoms with Crippen LogP contribution in [0.15, 0.2) is 28.6 Å². The van der Waals surface area contributed by atoms with Crippen LogP contribution in [0.5, 0.6) is 0 Å². The standard InChI is InChI=1S/C21H23N5O6S2/c1-12-8-16(25-9-13(10-25)15(27)4-3-5-23-34(2,31)32)24-19-17(12)18(28)14(20(29)30)11-26(19)21-22-6-7-33-21/h6-8,11,13,23H,3-5,9-10H2,1-2H3,(H,29,30). The van der Waals surface area contributed by atoms with Gasteiger partial charge >= 0.3 is 5.97 Å². The topological polar surface area (TPSA) is 152 Å². The number of rotatable bonds is 9. The third kappa shape index (κ3) is 4.86. The summed E-state index contributed by atoms with van der Waals surface area (Å²) >= 11 is 1.29. The molecule has 0 radical (unpaired) electrons. The molecule has 4 heterocycles. The van der Waals surface area contributed by atoms with Crippen molar-refractivity contribution in [2.45, 2.75) is 19.8 Å². The number of aryl methyl sites for hydroxylation is 1. The molecule has 0 aromatic carbocycles. The Morgan fingerprint density at radius 3 is 2.68 bits per heavy atom. The predicted octanol–water partition coefficient (Wildman–Crippen LogP) is 1.18. The molecule has 180 valence electrons. The van der Waals surface area contributed by atoms with Crippen molar-refractivity contribution in [3.63, 3.8) is 0 Å². The summed E-state index contributed by atoms with van der Waals surface area (Å²) < 4.78 is 26.1. The summed E-state index contributed by atoms with van der Waals surface area (Å²) in [5, 5.41) is 11.9. The number of aromatic nitrogens is 3. The maximum atomic E-state index is 12.9. The molecule has 1 fully saturated rings. The minimum absolute atomic E-state index is 0.0647. The number of ketones is 1. The lowest BCUT2D eigenvalue weighted by atomic mass is 9.92. The highest BCUT2D eigenvalue weighted by Gasteiger charge is 2.33. The number of nitrogens with one attached hydrogen (secondary N) is 1. The van der Waals surface area contributed by atoms with E-state index in [-0.39, 0.29) is 35.6 Å². The molecule has 1 saturated heterocycles. The Balaban J connectivity index is 1.57. The van der Waals surface area contributed by atoms with Gasteiger partial charge in [0.15, 0.2) is 10.8 Å². The summed E-state index contributed by atoms with van der Waals surface area (Å²) in [5.41, 5.74) is -0.0758. The van der Waals surface area contributed by atoms with Gasteiger partial charge in [0, 0.05) is 43.8 Å². The zero-order valence-corrected chi connectivity index (χ0v) is 20.1. The van der Waals surface area contributed by atoms with E-state index < -0.39 is 21.4 Å². The zero-order chi connectivity index (χ0) is 24.6. The maximum absolute atomic E-state index is 12.9. The summed E-state index contributed by atoms with van der Waals surface area (Å²) in [7, 11) is -3.27. The number of Topliss-reactive ketones (excluding diaryl/α,β-unsaturated/α-hetero) is 1. The van der Waals surface area contributed by atoms with Crippen LogP contribution in [-0.2, 0) is 14.8 Å². The molecule has 0 unspecified atom stereocenters. The number of pyridine rings is 2. The molecule has 3 aromatic rings. The summed E-state index contributed by atoms with van der Waals surface area (Å²) in [6.45, 7) is 2.87. The van der Waals surface area contributed by atoms with Crippen molar-refractivity contribution in [1.29, 1.82) is 0 Å². The maximum Gasteiger partial charge on any atom is 0.341 e. The first-order chi connectivity index (χ1) is 16.0. The second-order valence-electron chi connectivity index (χ2n) is 8.20. The highest BCUT2D eigenvalue weighted by molar-refractivity contribution is 7.88. The number of aromatic carboxylic acids is 1. The number of hydrogen-bond acceptors (Lipinski definition) is 9. The van der Waals surface area contributed by atoms with Gasteiger partial charge in [0.25, 0.3) is 0 Å². The van der Waals surface area contributed by atoms with Gasteiger partial charge in [-0.1, -0.05) is 0 Å². The molecule has 11 nitrogen and oxygen atoms in total. The molecule has 2 N–H and O–H groups in total. The monoisotopic (exact) mass is 505 g/mol. The molecule has 13 heteroatoms. The van der Waals surface area contributed by atoms with Crippen LogP contribution in [0.3, 0.4) is 0 Å². The van der Waals surface area contributed by atoms with Crippen LogP contribution >= 0.6 is 11.3 Å². The van der Waals surface area contributed by atoms with Gasteiger partial charge in [0.05, 0.1) is 17.6 Å². The van der Waals surface area contributed by atoms with E-state index in [0.29, 0.717) is 41.7 Å². The van der Waals surface area contributed by atoms with Crippen molar-refractivity contribution >= 4 is 50.0 Å². The molecule has 0 saturated carbocycles. The Morgan fingerprint density at radius 2 is 2.06 bits per heavy atom. The largest absolute Gasteiger partial charge is 0.477 e. The van der Waals surface area contributed by atoms with Crippen LogP contribution in [0.2, 0.25) is 0 Å². The van der Waals surface area contributed by atoms with Gasteiger partial charge in [0.2, 0.25) is 15.5 Å². The van der Waals surface area contributed by atoms with Crippen LogP contribution in [0.25, 0.3) is 16.2 Å². The highest BCUT2D eigenvalue weighted by Crippen LogP contribution is 2.29. The zero-order valence-electron chi connectivity index (χ0n) is 18.5. The first-order valence-corrected chi connectivity index (χ1v) is 13.2. The average molecular weight is 506 g/mol. The lowest BCUT2D eigenvalue weighted by Crippen LogP contribution is -2.51. The minimum atomic E-state index is -3.27. The molecule has 0 atom stereocenters. The Morgan fingerprint density at radius 1 is 1.32 bits per heavy atom.